The van der Waals surface area contributed by atoms with Crippen molar-refractivity contribution in [2.45, 2.75) is 36.0 Å². The van der Waals surface area contributed by atoms with Crippen molar-refractivity contribution in [3.8, 4) is 0 Å². The quantitative estimate of drug-likeness (QED) is 0.853. The molecular formula is C18H19ClN2O3S. The molecule has 0 bridgehead atoms. The van der Waals surface area contributed by atoms with E-state index in [0.717, 1.165) is 31.2 Å². The lowest BCUT2D eigenvalue weighted by Crippen LogP contribution is -2.38. The zero-order valence-corrected chi connectivity index (χ0v) is 15.1. The van der Waals surface area contributed by atoms with E-state index in [9.17, 15) is 13.2 Å². The Morgan fingerprint density at radius 1 is 1.00 bits per heavy atom. The molecule has 0 saturated heterocycles. The molecule has 0 radical (unpaired) electrons. The minimum atomic E-state index is -3.75. The van der Waals surface area contributed by atoms with Crippen LogP contribution in [0.1, 0.15) is 31.2 Å². The van der Waals surface area contributed by atoms with Crippen LogP contribution in [0.2, 0.25) is 5.02 Å². The summed E-state index contributed by atoms with van der Waals surface area (Å²) in [6.07, 6.45) is 3.52. The number of hydrogen-bond donors (Lipinski definition) is 2. The van der Waals surface area contributed by atoms with Crippen LogP contribution in [0.5, 0.6) is 0 Å². The molecule has 25 heavy (non-hydrogen) atoms. The summed E-state index contributed by atoms with van der Waals surface area (Å²) < 4.78 is 22.6. The summed E-state index contributed by atoms with van der Waals surface area (Å²) in [5.41, 5.74) is 0.911. The number of rotatable bonds is 4. The third kappa shape index (κ3) is 3.71. The zero-order valence-electron chi connectivity index (χ0n) is 13.5. The SMILES string of the molecule is NS(=O)(=O)c1ccc(NC(=O)C2(c3ccc(Cl)cc3)CCCC2)cc1. The van der Waals surface area contributed by atoms with E-state index >= 15 is 0 Å². The summed E-state index contributed by atoms with van der Waals surface area (Å²) in [5.74, 6) is -0.0873. The van der Waals surface area contributed by atoms with E-state index in [0.29, 0.717) is 10.7 Å². The Morgan fingerprint density at radius 3 is 2.08 bits per heavy atom. The number of halogens is 1. The average Bonchev–Trinajstić information content (AvgIpc) is 3.06. The van der Waals surface area contributed by atoms with E-state index < -0.39 is 15.4 Å². The number of nitrogens with one attached hydrogen (secondary N) is 1. The van der Waals surface area contributed by atoms with Crippen LogP contribution in [0.15, 0.2) is 53.4 Å². The minimum Gasteiger partial charge on any atom is -0.325 e. The molecule has 0 atom stereocenters. The van der Waals surface area contributed by atoms with Crippen LogP contribution in [0.25, 0.3) is 0 Å². The average molecular weight is 379 g/mol. The lowest BCUT2D eigenvalue weighted by atomic mass is 9.78. The van der Waals surface area contributed by atoms with E-state index in [1.54, 1.807) is 24.3 Å². The number of hydrogen-bond acceptors (Lipinski definition) is 3. The highest BCUT2D eigenvalue weighted by Crippen LogP contribution is 2.42. The van der Waals surface area contributed by atoms with Crippen molar-refractivity contribution in [1.29, 1.82) is 0 Å². The molecule has 2 aromatic rings. The van der Waals surface area contributed by atoms with Crippen LogP contribution in [0.4, 0.5) is 5.69 Å². The van der Waals surface area contributed by atoms with Gasteiger partial charge in [0.1, 0.15) is 0 Å². The second-order valence-electron chi connectivity index (χ2n) is 6.32. The topological polar surface area (TPSA) is 89.3 Å². The summed E-state index contributed by atoms with van der Waals surface area (Å²) in [6, 6.07) is 13.2. The highest BCUT2D eigenvalue weighted by molar-refractivity contribution is 7.89. The van der Waals surface area contributed by atoms with Crippen molar-refractivity contribution in [1.82, 2.24) is 0 Å². The summed E-state index contributed by atoms with van der Waals surface area (Å²) in [5, 5.41) is 8.63. The third-order valence-corrected chi connectivity index (χ3v) is 5.91. The maximum absolute atomic E-state index is 13.0. The molecule has 1 aliphatic carbocycles. The molecule has 3 rings (SSSR count). The van der Waals surface area contributed by atoms with Crippen LogP contribution in [-0.4, -0.2) is 14.3 Å². The molecule has 0 aromatic heterocycles. The monoisotopic (exact) mass is 378 g/mol. The fourth-order valence-electron chi connectivity index (χ4n) is 3.37. The Balaban J connectivity index is 1.86. The van der Waals surface area contributed by atoms with Crippen molar-refractivity contribution in [3.63, 3.8) is 0 Å². The normalized spacial score (nSPS) is 16.6. The van der Waals surface area contributed by atoms with Gasteiger partial charge in [0, 0.05) is 10.7 Å². The molecule has 1 saturated carbocycles. The number of amides is 1. The Bertz CT molecular complexity index is 872. The van der Waals surface area contributed by atoms with Crippen LogP contribution < -0.4 is 10.5 Å². The van der Waals surface area contributed by atoms with Gasteiger partial charge in [0.05, 0.1) is 10.3 Å². The predicted molar refractivity (Wildman–Crippen MR) is 98.0 cm³/mol. The number of sulfonamides is 1. The van der Waals surface area contributed by atoms with Crippen LogP contribution in [-0.2, 0) is 20.2 Å². The first-order valence-corrected chi connectivity index (χ1v) is 9.94. The fourth-order valence-corrected chi connectivity index (χ4v) is 4.01. The second kappa shape index (κ2) is 6.78. The van der Waals surface area contributed by atoms with E-state index in [4.69, 9.17) is 16.7 Å². The molecule has 5 nitrogen and oxygen atoms in total. The van der Waals surface area contributed by atoms with Crippen LogP contribution in [0, 0.1) is 0 Å². The van der Waals surface area contributed by atoms with Gasteiger partial charge in [0.15, 0.2) is 0 Å². The van der Waals surface area contributed by atoms with E-state index in [-0.39, 0.29) is 10.8 Å². The van der Waals surface area contributed by atoms with E-state index in [2.05, 4.69) is 5.32 Å². The van der Waals surface area contributed by atoms with Crippen molar-refractivity contribution in [2.24, 2.45) is 5.14 Å². The molecule has 132 valence electrons. The van der Waals surface area contributed by atoms with Gasteiger partial charge in [-0.1, -0.05) is 36.6 Å². The molecular weight excluding hydrogens is 360 g/mol. The van der Waals surface area contributed by atoms with Crippen LogP contribution in [0.3, 0.4) is 0 Å². The lowest BCUT2D eigenvalue weighted by Gasteiger charge is -2.28. The largest absolute Gasteiger partial charge is 0.325 e. The van der Waals surface area contributed by atoms with Gasteiger partial charge in [-0.2, -0.15) is 0 Å². The number of carbonyl (C=O) groups is 1. The molecule has 2 aromatic carbocycles. The Hall–Kier alpha value is -1.89. The number of carbonyl (C=O) groups excluding carboxylic acids is 1. The Kier molecular flexibility index (Phi) is 4.86. The molecule has 0 unspecified atom stereocenters. The molecule has 3 N–H and O–H groups in total. The summed E-state index contributed by atoms with van der Waals surface area (Å²) >= 11 is 5.96. The van der Waals surface area contributed by atoms with Gasteiger partial charge in [-0.15, -0.1) is 0 Å². The highest BCUT2D eigenvalue weighted by atomic mass is 35.5. The predicted octanol–water partition coefficient (Wildman–Crippen LogP) is 3.44. The Morgan fingerprint density at radius 2 is 1.56 bits per heavy atom. The third-order valence-electron chi connectivity index (χ3n) is 4.73. The lowest BCUT2D eigenvalue weighted by molar-refractivity contribution is -0.121. The van der Waals surface area contributed by atoms with E-state index in [1.807, 2.05) is 12.1 Å². The van der Waals surface area contributed by atoms with Gasteiger partial charge in [0.2, 0.25) is 15.9 Å². The first kappa shape index (κ1) is 17.9. The molecule has 0 spiro atoms. The number of primary sulfonamides is 1. The maximum atomic E-state index is 13.0. The summed E-state index contributed by atoms with van der Waals surface area (Å²) in [4.78, 5) is 13.0. The van der Waals surface area contributed by atoms with E-state index in [1.165, 1.54) is 12.1 Å². The standard InChI is InChI=1S/C18H19ClN2O3S/c19-14-5-3-13(4-6-14)18(11-1-2-12-18)17(22)21-15-7-9-16(10-8-15)25(20,23)24/h3-10H,1-2,11-12H2,(H,21,22)(H2,20,23,24). The van der Waals surface area contributed by atoms with Gasteiger partial charge in [-0.25, -0.2) is 13.6 Å². The number of nitrogens with two attached hydrogens (primary N) is 1. The first-order valence-electron chi connectivity index (χ1n) is 8.02. The summed E-state index contributed by atoms with van der Waals surface area (Å²) in [6.45, 7) is 0. The Labute approximate surface area is 152 Å². The van der Waals surface area contributed by atoms with Crippen molar-refractivity contribution >= 4 is 33.2 Å². The molecule has 0 aliphatic heterocycles. The smallest absolute Gasteiger partial charge is 0.238 e. The van der Waals surface area contributed by atoms with Gasteiger partial charge < -0.3 is 5.32 Å². The van der Waals surface area contributed by atoms with Crippen molar-refractivity contribution in [3.05, 3.63) is 59.1 Å². The highest BCUT2D eigenvalue weighted by Gasteiger charge is 2.42. The fraction of sp³-hybridized carbons (Fsp3) is 0.278. The molecule has 1 fully saturated rings. The van der Waals surface area contributed by atoms with Gasteiger partial charge in [-0.3, -0.25) is 4.79 Å². The van der Waals surface area contributed by atoms with Gasteiger partial charge >= 0.3 is 0 Å². The summed E-state index contributed by atoms with van der Waals surface area (Å²) in [7, 11) is -3.75. The molecule has 0 heterocycles. The van der Waals surface area contributed by atoms with Crippen molar-refractivity contribution < 1.29 is 13.2 Å². The second-order valence-corrected chi connectivity index (χ2v) is 8.32. The minimum absolute atomic E-state index is 0.0128. The van der Waals surface area contributed by atoms with Crippen LogP contribution >= 0.6 is 11.6 Å². The molecule has 1 aliphatic rings. The first-order chi connectivity index (χ1) is 11.8. The molecule has 1 amide bonds. The van der Waals surface area contributed by atoms with Gasteiger partial charge in [-0.05, 0) is 54.8 Å². The van der Waals surface area contributed by atoms with Gasteiger partial charge in [0.25, 0.3) is 0 Å². The zero-order chi connectivity index (χ0) is 18.1. The molecule has 7 heteroatoms. The van der Waals surface area contributed by atoms with Crippen molar-refractivity contribution in [2.75, 3.05) is 5.32 Å². The maximum Gasteiger partial charge on any atom is 0.238 e. The number of benzene rings is 2. The number of anilines is 1.